The van der Waals surface area contributed by atoms with Crippen LogP contribution < -0.4 is 5.69 Å². The Morgan fingerprint density at radius 3 is 2.54 bits per heavy atom. The van der Waals surface area contributed by atoms with Gasteiger partial charge in [-0.1, -0.05) is 0 Å². The van der Waals surface area contributed by atoms with Gasteiger partial charge in [0.2, 0.25) is 0 Å². The number of halogens is 2. The van der Waals surface area contributed by atoms with Crippen LogP contribution in [0.2, 0.25) is 0 Å². The molecule has 0 atom stereocenters. The highest BCUT2D eigenvalue weighted by Gasteiger charge is 2.28. The van der Waals surface area contributed by atoms with Crippen LogP contribution in [-0.4, -0.2) is 46.8 Å². The van der Waals surface area contributed by atoms with Gasteiger partial charge in [0.15, 0.2) is 0 Å². The molecular formula is C17H21BrFN3O2. The van der Waals surface area contributed by atoms with E-state index >= 15 is 0 Å². The van der Waals surface area contributed by atoms with Gasteiger partial charge in [-0.05, 0) is 47.7 Å². The number of aromatic amines is 1. The molecule has 2 aromatic rings. The third-order valence-electron chi connectivity index (χ3n) is 5.33. The molecule has 0 amide bonds. The minimum Gasteiger partial charge on any atom is -0.381 e. The van der Waals surface area contributed by atoms with E-state index < -0.39 is 0 Å². The van der Waals surface area contributed by atoms with Gasteiger partial charge in [-0.3, -0.25) is 4.57 Å². The van der Waals surface area contributed by atoms with Gasteiger partial charge in [-0.2, -0.15) is 0 Å². The summed E-state index contributed by atoms with van der Waals surface area (Å²) in [6.45, 7) is 3.70. The summed E-state index contributed by atoms with van der Waals surface area (Å²) in [6, 6.07) is 3.87. The smallest absolute Gasteiger partial charge is 0.326 e. The van der Waals surface area contributed by atoms with Crippen LogP contribution in [0.1, 0.15) is 31.7 Å². The van der Waals surface area contributed by atoms with Crippen molar-refractivity contribution in [2.75, 3.05) is 26.3 Å². The highest BCUT2D eigenvalue weighted by atomic mass is 79.9. The molecule has 1 aromatic heterocycles. The minimum atomic E-state index is -0.356. The molecule has 4 rings (SSSR count). The predicted molar refractivity (Wildman–Crippen MR) is 93.9 cm³/mol. The second kappa shape index (κ2) is 6.61. The second-order valence-corrected chi connectivity index (χ2v) is 7.55. The molecule has 0 radical (unpaired) electrons. The van der Waals surface area contributed by atoms with Crippen LogP contribution in [0.25, 0.3) is 11.0 Å². The average molecular weight is 398 g/mol. The normalized spacial score (nSPS) is 21.6. The number of piperidine rings is 1. The Hall–Kier alpha value is -1.18. The summed E-state index contributed by atoms with van der Waals surface area (Å²) in [7, 11) is 0. The summed E-state index contributed by atoms with van der Waals surface area (Å²) in [5.41, 5.74) is 1.19. The van der Waals surface area contributed by atoms with Crippen molar-refractivity contribution >= 4 is 27.0 Å². The number of hydrogen-bond donors (Lipinski definition) is 1. The van der Waals surface area contributed by atoms with Crippen molar-refractivity contribution in [3.8, 4) is 0 Å². The summed E-state index contributed by atoms with van der Waals surface area (Å²) >= 11 is 3.22. The molecule has 0 unspecified atom stereocenters. The Morgan fingerprint density at radius 1 is 1.12 bits per heavy atom. The van der Waals surface area contributed by atoms with Crippen molar-refractivity contribution in [1.82, 2.24) is 14.5 Å². The van der Waals surface area contributed by atoms with Gasteiger partial charge < -0.3 is 14.6 Å². The van der Waals surface area contributed by atoms with Crippen molar-refractivity contribution in [1.29, 1.82) is 0 Å². The minimum absolute atomic E-state index is 0.146. The lowest BCUT2D eigenvalue weighted by atomic mass is 9.99. The van der Waals surface area contributed by atoms with Gasteiger partial charge in [0.1, 0.15) is 5.82 Å². The fraction of sp³-hybridized carbons (Fsp3) is 0.588. The number of aromatic nitrogens is 2. The first-order valence-electron chi connectivity index (χ1n) is 8.54. The molecule has 0 aliphatic carbocycles. The lowest BCUT2D eigenvalue weighted by Crippen LogP contribution is -2.45. The number of H-pyrrole nitrogens is 1. The summed E-state index contributed by atoms with van der Waals surface area (Å²) < 4.78 is 21.3. The largest absolute Gasteiger partial charge is 0.381 e. The van der Waals surface area contributed by atoms with Gasteiger partial charge in [0.05, 0.1) is 15.5 Å². The van der Waals surface area contributed by atoms with Crippen LogP contribution in [0, 0.1) is 5.82 Å². The van der Waals surface area contributed by atoms with Crippen LogP contribution in [0.4, 0.5) is 4.39 Å². The van der Waals surface area contributed by atoms with Gasteiger partial charge in [0.25, 0.3) is 0 Å². The van der Waals surface area contributed by atoms with Crippen molar-refractivity contribution < 1.29 is 9.13 Å². The van der Waals surface area contributed by atoms with Crippen molar-refractivity contribution in [2.24, 2.45) is 0 Å². The van der Waals surface area contributed by atoms with Gasteiger partial charge in [-0.25, -0.2) is 9.18 Å². The zero-order chi connectivity index (χ0) is 16.7. The number of fused-ring (bicyclic) bond motifs is 1. The number of hydrogen-bond acceptors (Lipinski definition) is 3. The van der Waals surface area contributed by atoms with Gasteiger partial charge in [0, 0.05) is 44.5 Å². The number of benzene rings is 1. The van der Waals surface area contributed by atoms with E-state index in [1.165, 1.54) is 6.07 Å². The zero-order valence-electron chi connectivity index (χ0n) is 13.4. The third-order valence-corrected chi connectivity index (χ3v) is 5.94. The first-order chi connectivity index (χ1) is 11.6. The Kier molecular flexibility index (Phi) is 4.49. The summed E-state index contributed by atoms with van der Waals surface area (Å²) in [4.78, 5) is 17.7. The monoisotopic (exact) mass is 397 g/mol. The van der Waals surface area contributed by atoms with Crippen molar-refractivity contribution in [3.63, 3.8) is 0 Å². The fourth-order valence-corrected chi connectivity index (χ4v) is 4.37. The van der Waals surface area contributed by atoms with Crippen molar-refractivity contribution in [3.05, 3.63) is 32.9 Å². The van der Waals surface area contributed by atoms with E-state index in [4.69, 9.17) is 4.74 Å². The molecule has 0 bridgehead atoms. The van der Waals surface area contributed by atoms with E-state index in [9.17, 15) is 9.18 Å². The fourth-order valence-electron chi connectivity index (χ4n) is 4.04. The molecule has 7 heteroatoms. The van der Waals surface area contributed by atoms with Crippen LogP contribution in [0.3, 0.4) is 0 Å². The number of likely N-dealkylation sites (tertiary alicyclic amines) is 1. The van der Waals surface area contributed by atoms with Gasteiger partial charge >= 0.3 is 5.69 Å². The lowest BCUT2D eigenvalue weighted by molar-refractivity contribution is 0.0220. The molecule has 24 heavy (non-hydrogen) atoms. The van der Waals surface area contributed by atoms with E-state index in [0.717, 1.165) is 57.5 Å². The molecule has 2 saturated heterocycles. The van der Waals surface area contributed by atoms with E-state index in [2.05, 4.69) is 25.8 Å². The maximum atomic E-state index is 13.7. The first kappa shape index (κ1) is 16.3. The van der Waals surface area contributed by atoms with E-state index in [1.54, 1.807) is 10.6 Å². The zero-order valence-corrected chi connectivity index (χ0v) is 15.0. The summed E-state index contributed by atoms with van der Waals surface area (Å²) in [6.07, 6.45) is 4.09. The number of rotatable bonds is 2. The molecule has 130 valence electrons. The SMILES string of the molecule is O=c1[nH]c2cc(F)c(Br)cc2n1C1CCN(C2CCOCC2)CC1. The molecule has 2 fully saturated rings. The average Bonchev–Trinajstić information content (AvgIpc) is 2.91. The maximum Gasteiger partial charge on any atom is 0.326 e. The van der Waals surface area contributed by atoms with E-state index in [-0.39, 0.29) is 17.5 Å². The number of ether oxygens (including phenoxy) is 1. The summed E-state index contributed by atoms with van der Waals surface area (Å²) in [5.74, 6) is -0.356. The maximum absolute atomic E-state index is 13.7. The molecule has 1 N–H and O–H groups in total. The molecule has 1 aromatic carbocycles. The highest BCUT2D eigenvalue weighted by molar-refractivity contribution is 9.10. The highest BCUT2D eigenvalue weighted by Crippen LogP contribution is 2.29. The van der Waals surface area contributed by atoms with Crippen LogP contribution >= 0.6 is 15.9 Å². The molecule has 0 spiro atoms. The first-order valence-corrected chi connectivity index (χ1v) is 9.34. The van der Waals surface area contributed by atoms with E-state index in [0.29, 0.717) is 16.0 Å². The molecule has 5 nitrogen and oxygen atoms in total. The predicted octanol–water partition coefficient (Wildman–Crippen LogP) is 3.05. The number of imidazole rings is 1. The second-order valence-electron chi connectivity index (χ2n) is 6.69. The van der Waals surface area contributed by atoms with Crippen LogP contribution in [-0.2, 0) is 4.74 Å². The molecule has 0 saturated carbocycles. The Labute approximate surface area is 147 Å². The summed E-state index contributed by atoms with van der Waals surface area (Å²) in [5, 5.41) is 0. The van der Waals surface area contributed by atoms with Gasteiger partial charge in [-0.15, -0.1) is 0 Å². The van der Waals surface area contributed by atoms with Crippen LogP contribution in [0.15, 0.2) is 21.4 Å². The molecule has 2 aliphatic rings. The molecular weight excluding hydrogens is 377 g/mol. The topological polar surface area (TPSA) is 50.3 Å². The Morgan fingerprint density at radius 2 is 1.83 bits per heavy atom. The number of nitrogens with one attached hydrogen (secondary N) is 1. The Balaban J connectivity index is 1.55. The van der Waals surface area contributed by atoms with Crippen LogP contribution in [0.5, 0.6) is 0 Å². The lowest BCUT2D eigenvalue weighted by Gasteiger charge is -2.39. The van der Waals surface area contributed by atoms with Crippen molar-refractivity contribution in [2.45, 2.75) is 37.8 Å². The Bertz CT molecular complexity index is 789. The van der Waals surface area contributed by atoms with E-state index in [1.807, 2.05) is 0 Å². The molecule has 2 aliphatic heterocycles. The standard InChI is InChI=1S/C17H21BrFN3O2/c18-13-9-16-15(10-14(13)19)20-17(23)22(16)12-1-5-21(6-2-12)11-3-7-24-8-4-11/h9-12H,1-8H2,(H,20,23). The third kappa shape index (κ3) is 2.93. The molecule has 3 heterocycles. The number of nitrogens with zero attached hydrogens (tertiary/aromatic N) is 2. The quantitative estimate of drug-likeness (QED) is 0.846.